The molecule has 0 bridgehead atoms. The summed E-state index contributed by atoms with van der Waals surface area (Å²) in [4.78, 5) is 14.9. The molecule has 0 atom stereocenters. The van der Waals surface area contributed by atoms with E-state index in [4.69, 9.17) is 4.74 Å². The lowest BCUT2D eigenvalue weighted by Gasteiger charge is -2.22. The average Bonchev–Trinajstić information content (AvgIpc) is 2.21. The van der Waals surface area contributed by atoms with E-state index in [9.17, 15) is 4.79 Å². The number of halogens is 1. The number of carbonyl (C=O) groups is 1. The van der Waals surface area contributed by atoms with Gasteiger partial charge in [0.15, 0.2) is 5.60 Å². The molecule has 0 saturated carbocycles. The van der Waals surface area contributed by atoms with Gasteiger partial charge in [-0.15, -0.1) is 0 Å². The Bertz CT molecular complexity index is 436. The van der Waals surface area contributed by atoms with E-state index in [1.54, 1.807) is 26.0 Å². The molecule has 0 fully saturated rings. The normalized spacial score (nSPS) is 10.4. The van der Waals surface area contributed by atoms with Crippen LogP contribution in [-0.2, 0) is 4.79 Å². The molecule has 0 aliphatic heterocycles. The molecule has 3 nitrogen and oxygen atoms in total. The lowest BCUT2D eigenvalue weighted by molar-refractivity contribution is -0.130. The van der Waals surface area contributed by atoms with Gasteiger partial charge in [0.25, 0.3) is 5.91 Å². The first kappa shape index (κ1) is 13.0. The second-order valence-electron chi connectivity index (χ2n) is 3.57. The largest absolute Gasteiger partial charge is 0.478 e. The minimum Gasteiger partial charge on any atom is -0.478 e. The quantitative estimate of drug-likeness (QED) is 0.635. The molecular weight excluding hydrogens is 290 g/mol. The first-order valence-electron chi connectivity index (χ1n) is 4.52. The fourth-order valence-electron chi connectivity index (χ4n) is 1.02. The molecule has 1 aromatic carbocycles. The van der Waals surface area contributed by atoms with Gasteiger partial charge in [0.05, 0.1) is 5.16 Å². The highest BCUT2D eigenvalue weighted by Crippen LogP contribution is 2.21. The topological polar surface area (TPSA) is 38.7 Å². The third-order valence-corrected chi connectivity index (χ3v) is 2.47. The Morgan fingerprint density at radius 2 is 2.00 bits per heavy atom. The van der Waals surface area contributed by atoms with Crippen LogP contribution in [-0.4, -0.2) is 16.7 Å². The fourth-order valence-corrected chi connectivity index (χ4v) is 1.36. The highest BCUT2D eigenvalue weighted by atomic mass is 79.9. The lowest BCUT2D eigenvalue weighted by Crippen LogP contribution is -2.36. The van der Waals surface area contributed by atoms with Gasteiger partial charge in [0.2, 0.25) is 0 Å². The average molecular weight is 300 g/mol. The summed E-state index contributed by atoms with van der Waals surface area (Å²) in [5, 5.41) is 2.04. The van der Waals surface area contributed by atoms with Crippen molar-refractivity contribution >= 4 is 39.2 Å². The second-order valence-corrected chi connectivity index (χ2v) is 4.67. The van der Waals surface area contributed by atoms with Gasteiger partial charge in [-0.05, 0) is 50.3 Å². The van der Waals surface area contributed by atoms with Crippen LogP contribution in [0.1, 0.15) is 13.8 Å². The van der Waals surface area contributed by atoms with Crippen molar-refractivity contribution in [3.8, 4) is 5.75 Å². The van der Waals surface area contributed by atoms with Crippen molar-refractivity contribution in [1.82, 2.24) is 0 Å². The van der Waals surface area contributed by atoms with Gasteiger partial charge in [-0.25, -0.2) is 0 Å². The van der Waals surface area contributed by atoms with Gasteiger partial charge in [0, 0.05) is 4.47 Å². The number of benzene rings is 1. The summed E-state index contributed by atoms with van der Waals surface area (Å²) >= 11 is 7.69. The predicted octanol–water partition coefficient (Wildman–Crippen LogP) is 3.24. The molecule has 16 heavy (non-hydrogen) atoms. The molecule has 1 aromatic rings. The molecular formula is C11H10BrNO2S. The van der Waals surface area contributed by atoms with E-state index in [1.165, 1.54) is 0 Å². The number of rotatable bonds is 3. The summed E-state index contributed by atoms with van der Waals surface area (Å²) in [7, 11) is 0. The SMILES string of the molecule is CC(C)(Oc1ccc(Br)cc1)C(=O)N=C=S. The number of carbonyl (C=O) groups excluding carboxylic acids is 1. The van der Waals surface area contributed by atoms with E-state index in [0.29, 0.717) is 5.75 Å². The molecule has 0 aliphatic carbocycles. The summed E-state index contributed by atoms with van der Waals surface area (Å²) in [5.74, 6) is 0.145. The van der Waals surface area contributed by atoms with Crippen LogP contribution in [0.5, 0.6) is 5.75 Å². The molecule has 0 spiro atoms. The van der Waals surface area contributed by atoms with Crippen molar-refractivity contribution in [3.05, 3.63) is 28.7 Å². The van der Waals surface area contributed by atoms with Crippen molar-refractivity contribution in [2.75, 3.05) is 0 Å². The van der Waals surface area contributed by atoms with Gasteiger partial charge in [-0.1, -0.05) is 15.9 Å². The van der Waals surface area contributed by atoms with Gasteiger partial charge >= 0.3 is 0 Å². The van der Waals surface area contributed by atoms with Crippen LogP contribution in [0.15, 0.2) is 33.7 Å². The zero-order valence-corrected chi connectivity index (χ0v) is 11.3. The highest BCUT2D eigenvalue weighted by molar-refractivity contribution is 9.10. The predicted molar refractivity (Wildman–Crippen MR) is 68.9 cm³/mol. The van der Waals surface area contributed by atoms with Crippen LogP contribution in [0.2, 0.25) is 0 Å². The van der Waals surface area contributed by atoms with E-state index < -0.39 is 11.5 Å². The minimum atomic E-state index is -1.04. The maximum atomic E-state index is 11.5. The van der Waals surface area contributed by atoms with Crippen LogP contribution in [0.4, 0.5) is 0 Å². The number of hydrogen-bond donors (Lipinski definition) is 0. The summed E-state index contributed by atoms with van der Waals surface area (Å²) in [5.41, 5.74) is -1.04. The van der Waals surface area contributed by atoms with E-state index in [0.717, 1.165) is 4.47 Å². The molecule has 1 amide bonds. The zero-order chi connectivity index (χ0) is 12.2. The Labute approximate surface area is 108 Å². The van der Waals surface area contributed by atoms with Gasteiger partial charge in [0.1, 0.15) is 5.75 Å². The molecule has 1 rings (SSSR count). The summed E-state index contributed by atoms with van der Waals surface area (Å²) in [6.45, 7) is 3.26. The minimum absolute atomic E-state index is 0.453. The summed E-state index contributed by atoms with van der Waals surface area (Å²) in [6, 6.07) is 7.19. The Balaban J connectivity index is 2.83. The maximum Gasteiger partial charge on any atom is 0.298 e. The number of isothiocyanates is 1. The van der Waals surface area contributed by atoms with Crippen molar-refractivity contribution in [2.45, 2.75) is 19.4 Å². The lowest BCUT2D eigenvalue weighted by atomic mass is 10.1. The van der Waals surface area contributed by atoms with Crippen LogP contribution in [0.3, 0.4) is 0 Å². The first-order chi connectivity index (χ1) is 7.45. The number of nitrogens with zero attached hydrogens (tertiary/aromatic N) is 1. The van der Waals surface area contributed by atoms with Crippen LogP contribution < -0.4 is 4.74 Å². The Hall–Kier alpha value is -1.03. The second kappa shape index (κ2) is 5.34. The number of hydrogen-bond acceptors (Lipinski definition) is 3. The van der Waals surface area contributed by atoms with Crippen molar-refractivity contribution in [1.29, 1.82) is 0 Å². The molecule has 0 saturated heterocycles. The summed E-state index contributed by atoms with van der Waals surface area (Å²) in [6.07, 6.45) is 0. The molecule has 0 heterocycles. The van der Waals surface area contributed by atoms with Crippen LogP contribution in [0, 0.1) is 0 Å². The Morgan fingerprint density at radius 1 is 1.44 bits per heavy atom. The molecule has 84 valence electrons. The van der Waals surface area contributed by atoms with E-state index >= 15 is 0 Å². The Kier molecular flexibility index (Phi) is 4.35. The standard InChI is InChI=1S/C11H10BrNO2S/c1-11(2,10(14)13-7-16)15-9-5-3-8(12)4-6-9/h3-6H,1-2H3. The third-order valence-electron chi connectivity index (χ3n) is 1.85. The number of thiocarbonyl (C=S) groups is 1. The fraction of sp³-hybridized carbons (Fsp3) is 0.273. The van der Waals surface area contributed by atoms with E-state index in [2.05, 4.69) is 33.1 Å². The van der Waals surface area contributed by atoms with Crippen molar-refractivity contribution in [3.63, 3.8) is 0 Å². The van der Waals surface area contributed by atoms with Gasteiger partial charge in [-0.2, -0.15) is 4.99 Å². The van der Waals surface area contributed by atoms with Crippen molar-refractivity contribution < 1.29 is 9.53 Å². The maximum absolute atomic E-state index is 11.5. The van der Waals surface area contributed by atoms with Crippen LogP contribution in [0.25, 0.3) is 0 Å². The van der Waals surface area contributed by atoms with Crippen LogP contribution >= 0.6 is 28.1 Å². The van der Waals surface area contributed by atoms with Gasteiger partial charge < -0.3 is 4.74 Å². The Morgan fingerprint density at radius 3 is 2.50 bits per heavy atom. The molecule has 0 radical (unpaired) electrons. The van der Waals surface area contributed by atoms with E-state index in [1.807, 2.05) is 17.3 Å². The highest BCUT2D eigenvalue weighted by Gasteiger charge is 2.29. The molecule has 0 aromatic heterocycles. The third kappa shape index (κ3) is 3.52. The first-order valence-corrected chi connectivity index (χ1v) is 5.73. The molecule has 0 aliphatic rings. The number of aliphatic imine (C=N–C) groups is 1. The molecule has 0 unspecified atom stereocenters. The number of amides is 1. The van der Waals surface area contributed by atoms with Gasteiger partial charge in [-0.3, -0.25) is 4.79 Å². The van der Waals surface area contributed by atoms with Crippen molar-refractivity contribution in [2.24, 2.45) is 4.99 Å². The number of ether oxygens (including phenoxy) is 1. The van der Waals surface area contributed by atoms with E-state index in [-0.39, 0.29) is 0 Å². The summed E-state index contributed by atoms with van der Waals surface area (Å²) < 4.78 is 6.47. The molecule has 5 heteroatoms. The monoisotopic (exact) mass is 299 g/mol. The zero-order valence-electron chi connectivity index (χ0n) is 8.86. The molecule has 0 N–H and O–H groups in total. The smallest absolute Gasteiger partial charge is 0.298 e.